The van der Waals surface area contributed by atoms with E-state index in [2.05, 4.69) is 34.8 Å². The molecule has 2 aliphatic heterocycles. The second-order valence-electron chi connectivity index (χ2n) is 7.04. The highest BCUT2D eigenvalue weighted by Crippen LogP contribution is 2.30. The van der Waals surface area contributed by atoms with Crippen LogP contribution in [0.25, 0.3) is 11.0 Å². The van der Waals surface area contributed by atoms with Crippen LogP contribution in [0.4, 0.5) is 10.6 Å². The molecule has 2 aromatic rings. The Morgan fingerprint density at radius 2 is 2.24 bits per heavy atom. The number of piperidine rings is 1. The van der Waals surface area contributed by atoms with E-state index in [1.54, 1.807) is 0 Å². The first-order valence-electron chi connectivity index (χ1n) is 8.83. The molecule has 132 valence electrons. The van der Waals surface area contributed by atoms with Crippen LogP contribution in [0.15, 0.2) is 22.7 Å². The number of imide groups is 1. The summed E-state index contributed by atoms with van der Waals surface area (Å²) < 4.78 is 5.37. The van der Waals surface area contributed by atoms with E-state index in [4.69, 9.17) is 4.52 Å². The van der Waals surface area contributed by atoms with Gasteiger partial charge in [0.05, 0.1) is 5.39 Å². The lowest BCUT2D eigenvalue weighted by atomic mass is 9.87. The number of hydrogen-bond acceptors (Lipinski definition) is 5. The molecule has 7 heteroatoms. The van der Waals surface area contributed by atoms with Gasteiger partial charge in [-0.25, -0.2) is 4.79 Å². The van der Waals surface area contributed by atoms with E-state index in [1.165, 1.54) is 23.3 Å². The van der Waals surface area contributed by atoms with Crippen molar-refractivity contribution in [1.82, 2.24) is 15.8 Å². The lowest BCUT2D eigenvalue weighted by Gasteiger charge is -2.28. The molecule has 0 unspecified atom stereocenters. The van der Waals surface area contributed by atoms with Crippen LogP contribution >= 0.6 is 0 Å². The number of nitrogens with zero attached hydrogens (tertiary/aromatic N) is 2. The van der Waals surface area contributed by atoms with E-state index >= 15 is 0 Å². The third kappa shape index (κ3) is 3.24. The van der Waals surface area contributed by atoms with Crippen LogP contribution in [0.2, 0.25) is 0 Å². The van der Waals surface area contributed by atoms with E-state index in [-0.39, 0.29) is 12.3 Å². The van der Waals surface area contributed by atoms with Crippen molar-refractivity contribution in [3.8, 4) is 0 Å². The van der Waals surface area contributed by atoms with Crippen molar-refractivity contribution in [2.45, 2.75) is 38.6 Å². The fraction of sp³-hybridized carbons (Fsp3) is 0.500. The highest BCUT2D eigenvalue weighted by atomic mass is 16.5. The number of carbonyl (C=O) groups is 2. The summed E-state index contributed by atoms with van der Waals surface area (Å²) in [6, 6.07) is 6.17. The van der Waals surface area contributed by atoms with Crippen LogP contribution < -0.4 is 15.5 Å². The van der Waals surface area contributed by atoms with Crippen molar-refractivity contribution in [2.24, 2.45) is 5.92 Å². The Morgan fingerprint density at radius 3 is 3.04 bits per heavy atom. The minimum absolute atomic E-state index is 0.255. The van der Waals surface area contributed by atoms with Crippen molar-refractivity contribution in [3.05, 3.63) is 23.8 Å². The molecule has 25 heavy (non-hydrogen) atoms. The van der Waals surface area contributed by atoms with Crippen LogP contribution in [-0.4, -0.2) is 36.2 Å². The predicted molar refractivity (Wildman–Crippen MR) is 93.4 cm³/mol. The molecule has 1 aromatic carbocycles. The fourth-order valence-electron chi connectivity index (χ4n) is 3.81. The van der Waals surface area contributed by atoms with E-state index in [0.717, 1.165) is 18.4 Å². The lowest BCUT2D eigenvalue weighted by Crippen LogP contribution is -2.49. The molecule has 2 N–H and O–H groups in total. The molecule has 0 spiro atoms. The highest BCUT2D eigenvalue weighted by molar-refractivity contribution is 6.08. The molecule has 0 bridgehead atoms. The first kappa shape index (κ1) is 16.1. The molecule has 0 aliphatic carbocycles. The van der Waals surface area contributed by atoms with Gasteiger partial charge in [0.1, 0.15) is 0 Å². The van der Waals surface area contributed by atoms with Gasteiger partial charge in [-0.05, 0) is 56.3 Å². The number of urea groups is 1. The summed E-state index contributed by atoms with van der Waals surface area (Å²) in [5.41, 5.74) is 1.88. The van der Waals surface area contributed by atoms with Gasteiger partial charge in [0, 0.05) is 19.0 Å². The zero-order valence-corrected chi connectivity index (χ0v) is 14.2. The number of hydrogen-bond donors (Lipinski definition) is 2. The topological polar surface area (TPSA) is 87.5 Å². The average Bonchev–Trinajstić information content (AvgIpc) is 2.98. The molecule has 2 fully saturated rings. The average molecular weight is 342 g/mol. The number of amides is 3. The predicted octanol–water partition coefficient (Wildman–Crippen LogP) is 2.20. The number of rotatable bonds is 3. The number of aromatic nitrogens is 1. The summed E-state index contributed by atoms with van der Waals surface area (Å²) in [6.45, 7) is 3.61. The number of carbonyl (C=O) groups excluding carboxylic acids is 2. The second-order valence-corrected chi connectivity index (χ2v) is 7.04. The van der Waals surface area contributed by atoms with Crippen molar-refractivity contribution in [2.75, 3.05) is 18.0 Å². The third-order valence-corrected chi connectivity index (χ3v) is 5.08. The Bertz CT molecular complexity index is 816. The Morgan fingerprint density at radius 1 is 1.36 bits per heavy atom. The minimum Gasteiger partial charge on any atom is -0.354 e. The monoisotopic (exact) mass is 342 g/mol. The molecule has 3 heterocycles. The van der Waals surface area contributed by atoms with Gasteiger partial charge in [-0.1, -0.05) is 11.2 Å². The van der Waals surface area contributed by atoms with Gasteiger partial charge in [-0.2, -0.15) is 0 Å². The Hall–Kier alpha value is -2.41. The van der Waals surface area contributed by atoms with Crippen LogP contribution in [0.3, 0.4) is 0 Å². The standard InChI is InChI=1S/C18H22N4O3/c1-11-8-13(4-6-19-11)9-12-2-3-15-14(10-12)17(21-25-15)22-7-5-16(23)20-18(22)24/h2-3,10-11,13,19H,4-9H2,1H3,(H,20,23,24)/t11-,13+/m0/s1. The molecular weight excluding hydrogens is 320 g/mol. The summed E-state index contributed by atoms with van der Waals surface area (Å²) >= 11 is 0. The molecule has 3 amide bonds. The van der Waals surface area contributed by atoms with Crippen LogP contribution in [0.1, 0.15) is 31.7 Å². The van der Waals surface area contributed by atoms with Crippen molar-refractivity contribution < 1.29 is 14.1 Å². The minimum atomic E-state index is -0.441. The van der Waals surface area contributed by atoms with E-state index in [9.17, 15) is 9.59 Å². The molecule has 0 saturated carbocycles. The molecule has 4 rings (SSSR count). The van der Waals surface area contributed by atoms with Crippen molar-refractivity contribution in [3.63, 3.8) is 0 Å². The van der Waals surface area contributed by atoms with Gasteiger partial charge in [0.2, 0.25) is 5.91 Å². The maximum Gasteiger partial charge on any atom is 0.329 e. The number of benzene rings is 1. The fourth-order valence-corrected chi connectivity index (χ4v) is 3.81. The first-order chi connectivity index (χ1) is 12.1. The number of nitrogens with one attached hydrogen (secondary N) is 2. The molecule has 2 saturated heterocycles. The summed E-state index contributed by atoms with van der Waals surface area (Å²) in [4.78, 5) is 24.9. The zero-order valence-electron chi connectivity index (χ0n) is 14.2. The zero-order chi connectivity index (χ0) is 17.4. The summed E-state index contributed by atoms with van der Waals surface area (Å²) in [6.07, 6.45) is 3.63. The van der Waals surface area contributed by atoms with Crippen LogP contribution in [0.5, 0.6) is 0 Å². The van der Waals surface area contributed by atoms with E-state index in [0.29, 0.717) is 29.9 Å². The quantitative estimate of drug-likeness (QED) is 0.893. The summed E-state index contributed by atoms with van der Waals surface area (Å²) in [7, 11) is 0. The molecule has 7 nitrogen and oxygen atoms in total. The highest BCUT2D eigenvalue weighted by Gasteiger charge is 2.28. The van der Waals surface area contributed by atoms with Crippen molar-refractivity contribution >= 4 is 28.7 Å². The Kier molecular flexibility index (Phi) is 4.17. The van der Waals surface area contributed by atoms with Gasteiger partial charge < -0.3 is 9.84 Å². The Labute approximate surface area is 145 Å². The molecular formula is C18H22N4O3. The smallest absolute Gasteiger partial charge is 0.329 e. The number of anilines is 1. The molecule has 2 atom stereocenters. The van der Waals surface area contributed by atoms with Crippen molar-refractivity contribution in [1.29, 1.82) is 0 Å². The third-order valence-electron chi connectivity index (χ3n) is 5.08. The van der Waals surface area contributed by atoms with E-state index in [1.807, 2.05) is 6.07 Å². The summed E-state index contributed by atoms with van der Waals surface area (Å²) in [5.74, 6) is 0.892. The van der Waals surface area contributed by atoms with Gasteiger partial charge in [0.15, 0.2) is 11.4 Å². The summed E-state index contributed by atoms with van der Waals surface area (Å²) in [5, 5.41) is 10.7. The maximum absolute atomic E-state index is 12.1. The first-order valence-corrected chi connectivity index (χ1v) is 8.83. The Balaban J connectivity index is 1.59. The normalized spacial score (nSPS) is 24.6. The van der Waals surface area contributed by atoms with E-state index < -0.39 is 6.03 Å². The van der Waals surface area contributed by atoms with Gasteiger partial charge in [-0.3, -0.25) is 15.0 Å². The van der Waals surface area contributed by atoms with Gasteiger partial charge in [0.25, 0.3) is 0 Å². The molecule has 2 aliphatic rings. The SMILES string of the molecule is C[C@H]1C[C@H](Cc2ccc3onc(N4CCC(=O)NC4=O)c3c2)CCN1. The second kappa shape index (κ2) is 6.48. The largest absolute Gasteiger partial charge is 0.354 e. The van der Waals surface area contributed by atoms with Gasteiger partial charge in [-0.15, -0.1) is 0 Å². The lowest BCUT2D eigenvalue weighted by molar-refractivity contribution is -0.120. The molecule has 1 aromatic heterocycles. The van der Waals surface area contributed by atoms with Gasteiger partial charge >= 0.3 is 6.03 Å². The maximum atomic E-state index is 12.1. The van der Waals surface area contributed by atoms with Crippen LogP contribution in [-0.2, 0) is 11.2 Å². The van der Waals surface area contributed by atoms with Crippen LogP contribution in [0, 0.1) is 5.92 Å². The number of fused-ring (bicyclic) bond motifs is 1. The molecule has 0 radical (unpaired) electrons.